The molecule has 1 atom stereocenters. The van der Waals surface area contributed by atoms with Gasteiger partial charge in [0.25, 0.3) is 0 Å². The van der Waals surface area contributed by atoms with Crippen molar-refractivity contribution in [2.75, 3.05) is 19.9 Å². The van der Waals surface area contributed by atoms with Crippen LogP contribution in [-0.4, -0.2) is 36.7 Å². The van der Waals surface area contributed by atoms with Gasteiger partial charge in [0, 0.05) is 30.8 Å². The third kappa shape index (κ3) is 3.60. The van der Waals surface area contributed by atoms with Crippen molar-refractivity contribution in [2.45, 2.75) is 32.4 Å². The monoisotopic (exact) mass is 445 g/mol. The molecule has 30 heavy (non-hydrogen) atoms. The summed E-state index contributed by atoms with van der Waals surface area (Å²) in [4.78, 5) is 15.2. The molecule has 1 fully saturated rings. The van der Waals surface area contributed by atoms with Gasteiger partial charge in [-0.1, -0.05) is 29.3 Å². The number of ether oxygens (including phenoxy) is 3. The molecule has 2 aromatic carbocycles. The number of fused-ring (bicyclic) bond motifs is 2. The van der Waals surface area contributed by atoms with Crippen molar-refractivity contribution >= 4 is 35.1 Å². The normalized spacial score (nSPS) is 22.0. The fourth-order valence-electron chi connectivity index (χ4n) is 4.24. The number of hydrogen-bond acceptors (Lipinski definition) is 5. The minimum atomic E-state index is -0.141. The summed E-state index contributed by atoms with van der Waals surface area (Å²) in [6, 6.07) is 7.10. The summed E-state index contributed by atoms with van der Waals surface area (Å²) in [7, 11) is 0. The zero-order valence-electron chi connectivity index (χ0n) is 16.5. The fraction of sp³-hybridized carbons (Fsp3) is 0.348. The SMILES string of the molecule is Cc1c2c(cc3c1O/C(=C\c1ccc(Cl)c(Cl)c1)C3=O)CN(CC1CCCO1)CO2. The summed E-state index contributed by atoms with van der Waals surface area (Å²) in [5, 5.41) is 0.898. The smallest absolute Gasteiger partial charge is 0.231 e. The van der Waals surface area contributed by atoms with E-state index < -0.39 is 0 Å². The van der Waals surface area contributed by atoms with Crippen LogP contribution in [0.25, 0.3) is 6.08 Å². The van der Waals surface area contributed by atoms with Crippen molar-refractivity contribution in [3.63, 3.8) is 0 Å². The van der Waals surface area contributed by atoms with Crippen molar-refractivity contribution in [3.8, 4) is 11.5 Å². The lowest BCUT2D eigenvalue weighted by molar-refractivity contribution is 0.0276. The van der Waals surface area contributed by atoms with Gasteiger partial charge in [-0.05, 0) is 49.6 Å². The Morgan fingerprint density at radius 3 is 2.83 bits per heavy atom. The number of carbonyl (C=O) groups excluding carboxylic acids is 1. The molecule has 0 amide bonds. The first-order chi connectivity index (χ1) is 14.5. The molecule has 156 valence electrons. The number of benzene rings is 2. The first kappa shape index (κ1) is 19.9. The van der Waals surface area contributed by atoms with Gasteiger partial charge < -0.3 is 14.2 Å². The summed E-state index contributed by atoms with van der Waals surface area (Å²) in [6.07, 6.45) is 4.15. The third-order valence-electron chi connectivity index (χ3n) is 5.73. The fourth-order valence-corrected chi connectivity index (χ4v) is 4.55. The van der Waals surface area contributed by atoms with Crippen LogP contribution < -0.4 is 9.47 Å². The zero-order chi connectivity index (χ0) is 20.8. The van der Waals surface area contributed by atoms with E-state index in [0.29, 0.717) is 28.1 Å². The van der Waals surface area contributed by atoms with Crippen LogP contribution in [0.4, 0.5) is 0 Å². The van der Waals surface area contributed by atoms with E-state index in [1.807, 2.05) is 13.0 Å². The molecule has 3 aliphatic heterocycles. The summed E-state index contributed by atoms with van der Waals surface area (Å²) < 4.78 is 17.7. The second-order valence-corrected chi connectivity index (χ2v) is 8.71. The lowest BCUT2D eigenvalue weighted by Gasteiger charge is -2.31. The average Bonchev–Trinajstić information content (AvgIpc) is 3.34. The van der Waals surface area contributed by atoms with E-state index in [0.717, 1.165) is 55.0 Å². The molecule has 0 saturated carbocycles. The predicted octanol–water partition coefficient (Wildman–Crippen LogP) is 5.25. The lowest BCUT2D eigenvalue weighted by Crippen LogP contribution is -2.37. The second kappa shape index (κ2) is 7.89. The maximum atomic E-state index is 13.0. The van der Waals surface area contributed by atoms with Crippen LogP contribution in [0.5, 0.6) is 11.5 Å². The highest BCUT2D eigenvalue weighted by molar-refractivity contribution is 6.42. The highest BCUT2D eigenvalue weighted by atomic mass is 35.5. The van der Waals surface area contributed by atoms with E-state index >= 15 is 0 Å². The molecule has 1 saturated heterocycles. The molecule has 0 spiro atoms. The van der Waals surface area contributed by atoms with Crippen LogP contribution in [0.15, 0.2) is 30.0 Å². The molecular weight excluding hydrogens is 425 g/mol. The Hall–Kier alpha value is -2.05. The van der Waals surface area contributed by atoms with Gasteiger partial charge in [0.1, 0.15) is 18.2 Å². The minimum absolute atomic E-state index is 0.141. The van der Waals surface area contributed by atoms with E-state index in [4.69, 9.17) is 37.4 Å². The van der Waals surface area contributed by atoms with Gasteiger partial charge in [-0.15, -0.1) is 0 Å². The molecule has 5 nitrogen and oxygen atoms in total. The molecule has 7 heteroatoms. The molecule has 0 aromatic heterocycles. The first-order valence-electron chi connectivity index (χ1n) is 10.0. The number of halogens is 2. The lowest BCUT2D eigenvalue weighted by atomic mass is 10.00. The molecule has 1 unspecified atom stereocenters. The number of allylic oxidation sites excluding steroid dienone is 1. The maximum Gasteiger partial charge on any atom is 0.231 e. The first-order valence-corrected chi connectivity index (χ1v) is 10.8. The van der Waals surface area contributed by atoms with E-state index in [9.17, 15) is 4.79 Å². The Labute approximate surface area is 185 Å². The largest absolute Gasteiger partial charge is 0.477 e. The maximum absolute atomic E-state index is 13.0. The molecular formula is C23H21Cl2NO4. The summed E-state index contributed by atoms with van der Waals surface area (Å²) in [5.41, 5.74) is 3.18. The highest BCUT2D eigenvalue weighted by Crippen LogP contribution is 2.43. The topological polar surface area (TPSA) is 48.0 Å². The zero-order valence-corrected chi connectivity index (χ0v) is 18.1. The Balaban J connectivity index is 1.42. The number of carbonyl (C=O) groups is 1. The van der Waals surface area contributed by atoms with Gasteiger partial charge in [-0.3, -0.25) is 9.69 Å². The van der Waals surface area contributed by atoms with Crippen LogP contribution >= 0.6 is 23.2 Å². The van der Waals surface area contributed by atoms with Crippen molar-refractivity contribution in [1.29, 1.82) is 0 Å². The van der Waals surface area contributed by atoms with Gasteiger partial charge >= 0.3 is 0 Å². The Kier molecular flexibility index (Phi) is 5.23. The average molecular weight is 446 g/mol. The number of hydrogen-bond donors (Lipinski definition) is 0. The molecule has 0 aliphatic carbocycles. The van der Waals surface area contributed by atoms with Crippen LogP contribution in [-0.2, 0) is 11.3 Å². The summed E-state index contributed by atoms with van der Waals surface area (Å²) in [6.45, 7) is 4.84. The number of Topliss-reactive ketones (excluding diaryl/α,β-unsaturated/α-hetero) is 1. The van der Waals surface area contributed by atoms with Crippen molar-refractivity contribution in [1.82, 2.24) is 4.90 Å². The van der Waals surface area contributed by atoms with Crippen LogP contribution in [0.1, 0.15) is 39.9 Å². The Morgan fingerprint density at radius 2 is 2.07 bits per heavy atom. The number of rotatable bonds is 3. The molecule has 0 bridgehead atoms. The third-order valence-corrected chi connectivity index (χ3v) is 6.47. The molecule has 0 radical (unpaired) electrons. The molecule has 5 rings (SSSR count). The summed E-state index contributed by atoms with van der Waals surface area (Å²) in [5.74, 6) is 1.50. The van der Waals surface area contributed by atoms with E-state index in [2.05, 4.69) is 4.90 Å². The van der Waals surface area contributed by atoms with Gasteiger partial charge in [0.05, 0.1) is 21.7 Å². The Morgan fingerprint density at radius 1 is 1.20 bits per heavy atom. The van der Waals surface area contributed by atoms with Crippen LogP contribution in [0.2, 0.25) is 10.0 Å². The standard InChI is InChI=1S/C23H21Cl2NO4/c1-13-22-15(10-26(12-29-22)11-16-3-2-6-28-16)9-17-21(27)20(30-23(13)17)8-14-4-5-18(24)19(25)7-14/h4-5,7-9,16H,2-3,6,10-12H2,1H3/b20-8-. The van der Waals surface area contributed by atoms with Crippen LogP contribution in [0.3, 0.4) is 0 Å². The predicted molar refractivity (Wildman–Crippen MR) is 115 cm³/mol. The molecule has 3 aliphatic rings. The second-order valence-electron chi connectivity index (χ2n) is 7.90. The highest BCUT2D eigenvalue weighted by Gasteiger charge is 2.34. The number of ketones is 1. The Bertz CT molecular complexity index is 1060. The number of nitrogens with zero attached hydrogens (tertiary/aromatic N) is 1. The van der Waals surface area contributed by atoms with E-state index in [1.54, 1.807) is 24.3 Å². The van der Waals surface area contributed by atoms with Gasteiger partial charge in [0.15, 0.2) is 5.76 Å². The molecule has 0 N–H and O–H groups in total. The van der Waals surface area contributed by atoms with Crippen molar-refractivity contribution in [2.24, 2.45) is 0 Å². The van der Waals surface area contributed by atoms with Gasteiger partial charge in [-0.2, -0.15) is 0 Å². The van der Waals surface area contributed by atoms with Crippen molar-refractivity contribution < 1.29 is 19.0 Å². The van der Waals surface area contributed by atoms with Crippen molar-refractivity contribution in [3.05, 3.63) is 62.3 Å². The minimum Gasteiger partial charge on any atom is -0.477 e. The quantitative estimate of drug-likeness (QED) is 0.603. The molecule has 3 heterocycles. The van der Waals surface area contributed by atoms with Gasteiger partial charge in [0.2, 0.25) is 5.78 Å². The van der Waals surface area contributed by atoms with Gasteiger partial charge in [-0.25, -0.2) is 0 Å². The van der Waals surface area contributed by atoms with E-state index in [-0.39, 0.29) is 17.6 Å². The van der Waals surface area contributed by atoms with Crippen LogP contribution in [0, 0.1) is 6.92 Å². The summed E-state index contributed by atoms with van der Waals surface area (Å²) >= 11 is 12.1. The molecule has 2 aromatic rings. The van der Waals surface area contributed by atoms with E-state index in [1.165, 1.54) is 0 Å².